The molecule has 1 saturated carbocycles. The number of hydrogen-bond donors (Lipinski definition) is 1. The number of hydrogen-bond acceptors (Lipinski definition) is 2. The van der Waals surface area contributed by atoms with Gasteiger partial charge in [0.2, 0.25) is 0 Å². The molecule has 100 valence electrons. The van der Waals surface area contributed by atoms with Crippen LogP contribution in [0.2, 0.25) is 0 Å². The SMILES string of the molecule is CC1CCCC(CCl)(NCc2cncc(Br)c2)C1. The van der Waals surface area contributed by atoms with Crippen LogP contribution in [-0.4, -0.2) is 16.4 Å². The third-order valence-electron chi connectivity index (χ3n) is 3.78. The Labute approximate surface area is 123 Å². The van der Waals surface area contributed by atoms with E-state index in [9.17, 15) is 0 Å². The lowest BCUT2D eigenvalue weighted by Crippen LogP contribution is -2.49. The molecule has 1 aliphatic rings. The van der Waals surface area contributed by atoms with E-state index in [1.807, 2.05) is 12.4 Å². The predicted octanol–water partition coefficient (Wildman–Crippen LogP) is 4.12. The maximum absolute atomic E-state index is 6.21. The third kappa shape index (κ3) is 3.69. The Balaban J connectivity index is 1.98. The second-order valence-corrected chi connectivity index (χ2v) is 6.66. The highest BCUT2D eigenvalue weighted by Crippen LogP contribution is 2.33. The lowest BCUT2D eigenvalue weighted by molar-refractivity contribution is 0.207. The number of halogens is 2. The minimum atomic E-state index is 0.113. The summed E-state index contributed by atoms with van der Waals surface area (Å²) >= 11 is 9.66. The predicted molar refractivity (Wildman–Crippen MR) is 79.9 cm³/mol. The summed E-state index contributed by atoms with van der Waals surface area (Å²) < 4.78 is 1.03. The van der Waals surface area contributed by atoms with Crippen LogP contribution in [0.25, 0.3) is 0 Å². The van der Waals surface area contributed by atoms with Gasteiger partial charge in [-0.15, -0.1) is 11.6 Å². The minimum Gasteiger partial charge on any atom is -0.306 e. The van der Waals surface area contributed by atoms with Crippen molar-refractivity contribution in [2.45, 2.75) is 44.7 Å². The molecule has 18 heavy (non-hydrogen) atoms. The molecule has 0 spiro atoms. The number of nitrogens with one attached hydrogen (secondary N) is 1. The first-order chi connectivity index (χ1) is 8.63. The van der Waals surface area contributed by atoms with Gasteiger partial charge in [0.15, 0.2) is 0 Å². The van der Waals surface area contributed by atoms with E-state index >= 15 is 0 Å². The zero-order valence-corrected chi connectivity index (χ0v) is 13.1. The summed E-state index contributed by atoms with van der Waals surface area (Å²) in [5, 5.41) is 3.67. The molecule has 1 aromatic rings. The normalized spacial score (nSPS) is 28.3. The molecule has 1 aromatic heterocycles. The van der Waals surface area contributed by atoms with Gasteiger partial charge in [0, 0.05) is 34.8 Å². The van der Waals surface area contributed by atoms with Gasteiger partial charge in [0.1, 0.15) is 0 Å². The molecule has 1 heterocycles. The molecule has 2 nitrogen and oxygen atoms in total. The average molecular weight is 332 g/mol. The zero-order valence-electron chi connectivity index (χ0n) is 10.8. The fourth-order valence-electron chi connectivity index (χ4n) is 2.83. The molecule has 2 unspecified atom stereocenters. The molecule has 2 rings (SSSR count). The van der Waals surface area contributed by atoms with Crippen LogP contribution >= 0.6 is 27.5 Å². The van der Waals surface area contributed by atoms with Gasteiger partial charge in [0.05, 0.1) is 0 Å². The monoisotopic (exact) mass is 330 g/mol. The summed E-state index contributed by atoms with van der Waals surface area (Å²) in [4.78, 5) is 4.19. The number of rotatable bonds is 4. The van der Waals surface area contributed by atoms with Gasteiger partial charge in [-0.2, -0.15) is 0 Å². The topological polar surface area (TPSA) is 24.9 Å². The third-order valence-corrected chi connectivity index (χ3v) is 4.72. The quantitative estimate of drug-likeness (QED) is 0.839. The standard InChI is InChI=1S/C14H20BrClN2/c1-11-3-2-4-14(6-11,10-16)18-8-12-5-13(15)9-17-7-12/h5,7,9,11,18H,2-4,6,8,10H2,1H3. The summed E-state index contributed by atoms with van der Waals surface area (Å²) in [6.07, 6.45) is 8.69. The van der Waals surface area contributed by atoms with Crippen molar-refractivity contribution in [2.24, 2.45) is 5.92 Å². The number of pyridine rings is 1. The largest absolute Gasteiger partial charge is 0.306 e. The van der Waals surface area contributed by atoms with Crippen LogP contribution in [0.5, 0.6) is 0 Å². The summed E-state index contributed by atoms with van der Waals surface area (Å²) in [5.41, 5.74) is 1.31. The van der Waals surface area contributed by atoms with Crippen LogP contribution in [0, 0.1) is 5.92 Å². The lowest BCUT2D eigenvalue weighted by Gasteiger charge is -2.39. The summed E-state index contributed by atoms with van der Waals surface area (Å²) in [6.45, 7) is 3.16. The lowest BCUT2D eigenvalue weighted by atomic mass is 9.77. The highest BCUT2D eigenvalue weighted by atomic mass is 79.9. The molecule has 0 bridgehead atoms. The van der Waals surface area contributed by atoms with Crippen molar-refractivity contribution in [1.29, 1.82) is 0 Å². The van der Waals surface area contributed by atoms with E-state index in [-0.39, 0.29) is 5.54 Å². The number of alkyl halides is 1. The van der Waals surface area contributed by atoms with Crippen LogP contribution in [0.4, 0.5) is 0 Å². The van der Waals surface area contributed by atoms with Gasteiger partial charge in [-0.1, -0.05) is 19.8 Å². The highest BCUT2D eigenvalue weighted by molar-refractivity contribution is 9.10. The van der Waals surface area contributed by atoms with E-state index in [1.165, 1.54) is 31.2 Å². The van der Waals surface area contributed by atoms with E-state index < -0.39 is 0 Å². The summed E-state index contributed by atoms with van der Waals surface area (Å²) in [6, 6.07) is 2.11. The molecule has 0 radical (unpaired) electrons. The van der Waals surface area contributed by atoms with E-state index in [2.05, 4.69) is 39.2 Å². The van der Waals surface area contributed by atoms with Crippen molar-refractivity contribution in [1.82, 2.24) is 10.3 Å². The molecular weight excluding hydrogens is 312 g/mol. The van der Waals surface area contributed by atoms with Crippen molar-refractivity contribution in [3.05, 3.63) is 28.5 Å². The Kier molecular flexibility index (Phi) is 5.05. The molecule has 0 saturated heterocycles. The molecule has 1 fully saturated rings. The van der Waals surface area contributed by atoms with E-state index in [0.29, 0.717) is 5.88 Å². The Morgan fingerprint density at radius 1 is 1.56 bits per heavy atom. The van der Waals surface area contributed by atoms with Gasteiger partial charge >= 0.3 is 0 Å². The van der Waals surface area contributed by atoms with Crippen LogP contribution in [0.1, 0.15) is 38.2 Å². The molecule has 2 atom stereocenters. The summed E-state index contributed by atoms with van der Waals surface area (Å²) in [5.74, 6) is 1.46. The second-order valence-electron chi connectivity index (χ2n) is 5.48. The van der Waals surface area contributed by atoms with Crippen molar-refractivity contribution in [3.63, 3.8) is 0 Å². The van der Waals surface area contributed by atoms with Crippen LogP contribution < -0.4 is 5.32 Å². The summed E-state index contributed by atoms with van der Waals surface area (Å²) in [7, 11) is 0. The first kappa shape index (κ1) is 14.3. The fourth-order valence-corrected chi connectivity index (χ4v) is 3.58. The molecule has 1 N–H and O–H groups in total. The first-order valence-electron chi connectivity index (χ1n) is 6.54. The fraction of sp³-hybridized carbons (Fsp3) is 0.643. The molecule has 4 heteroatoms. The molecule has 1 aliphatic carbocycles. The van der Waals surface area contributed by atoms with Gasteiger partial charge in [-0.25, -0.2) is 0 Å². The van der Waals surface area contributed by atoms with E-state index in [4.69, 9.17) is 11.6 Å². The molecule has 0 amide bonds. The average Bonchev–Trinajstić information content (AvgIpc) is 2.37. The maximum Gasteiger partial charge on any atom is 0.0410 e. The van der Waals surface area contributed by atoms with Gasteiger partial charge in [-0.3, -0.25) is 4.98 Å². The zero-order chi connectivity index (χ0) is 13.0. The molecular formula is C14H20BrClN2. The second kappa shape index (κ2) is 6.36. The first-order valence-corrected chi connectivity index (χ1v) is 7.87. The maximum atomic E-state index is 6.21. The van der Waals surface area contributed by atoms with Gasteiger partial charge in [0.25, 0.3) is 0 Å². The molecule has 0 aromatic carbocycles. The van der Waals surface area contributed by atoms with Gasteiger partial charge < -0.3 is 5.32 Å². The number of nitrogens with zero attached hydrogens (tertiary/aromatic N) is 1. The Morgan fingerprint density at radius 2 is 2.39 bits per heavy atom. The van der Waals surface area contributed by atoms with Crippen LogP contribution in [0.15, 0.2) is 22.9 Å². The Bertz CT molecular complexity index is 399. The van der Waals surface area contributed by atoms with Crippen molar-refractivity contribution >= 4 is 27.5 Å². The molecule has 0 aliphatic heterocycles. The van der Waals surface area contributed by atoms with Gasteiger partial charge in [-0.05, 0) is 46.3 Å². The van der Waals surface area contributed by atoms with Crippen molar-refractivity contribution < 1.29 is 0 Å². The van der Waals surface area contributed by atoms with Crippen LogP contribution in [0.3, 0.4) is 0 Å². The Hall–Kier alpha value is -0.120. The van der Waals surface area contributed by atoms with Crippen LogP contribution in [-0.2, 0) is 6.54 Å². The minimum absolute atomic E-state index is 0.113. The van der Waals surface area contributed by atoms with Crippen molar-refractivity contribution in [2.75, 3.05) is 5.88 Å². The Morgan fingerprint density at radius 3 is 3.06 bits per heavy atom. The number of aromatic nitrogens is 1. The van der Waals surface area contributed by atoms with Crippen molar-refractivity contribution in [3.8, 4) is 0 Å². The van der Waals surface area contributed by atoms with E-state index in [0.717, 1.165) is 16.9 Å². The highest BCUT2D eigenvalue weighted by Gasteiger charge is 2.33. The smallest absolute Gasteiger partial charge is 0.0410 e. The van der Waals surface area contributed by atoms with E-state index in [1.54, 1.807) is 0 Å².